The number of hydrogen-bond donors (Lipinski definition) is 2. The first-order valence-electron chi connectivity index (χ1n) is 15.2. The number of nitrogens with one attached hydrogen (secondary N) is 1. The summed E-state index contributed by atoms with van der Waals surface area (Å²) in [6.07, 6.45) is 3.39. The Hall–Kier alpha value is -4.25. The van der Waals surface area contributed by atoms with E-state index >= 15 is 4.39 Å². The van der Waals surface area contributed by atoms with Crippen LogP contribution in [0.4, 0.5) is 15.0 Å². The van der Waals surface area contributed by atoms with Crippen molar-refractivity contribution in [1.82, 2.24) is 24.8 Å². The van der Waals surface area contributed by atoms with Gasteiger partial charge >= 0.3 is 12.1 Å². The number of piperidine rings is 1. The minimum absolute atomic E-state index is 0.0236. The Morgan fingerprint density at radius 1 is 1.14 bits per heavy atom. The number of nitrogens with zero attached hydrogens (tertiary/aromatic N) is 5. The second-order valence-corrected chi connectivity index (χ2v) is 13.2. The molecule has 3 aliphatic rings. The van der Waals surface area contributed by atoms with Gasteiger partial charge in [0.05, 0.1) is 5.39 Å². The molecule has 2 aromatic carbocycles. The van der Waals surface area contributed by atoms with Crippen molar-refractivity contribution in [3.8, 4) is 23.0 Å². The number of phenolic OH excluding ortho intramolecular Hbond substituents is 1. The quantitative estimate of drug-likeness (QED) is 0.299. The molecule has 4 aromatic rings. The van der Waals surface area contributed by atoms with Gasteiger partial charge in [0, 0.05) is 48.8 Å². The minimum Gasteiger partial charge on any atom is -0.508 e. The molecule has 0 bridgehead atoms. The SMILES string of the molecule is CN1CCCC1COc1nc(NC2C3CN(C(=O)OC(C)(C)C)CC32)c2cnc(-c3cc(O)cc4ccccc34)c(F)c2n1. The lowest BCUT2D eigenvalue weighted by Crippen LogP contribution is -2.38. The van der Waals surface area contributed by atoms with E-state index in [2.05, 4.69) is 32.2 Å². The van der Waals surface area contributed by atoms with Gasteiger partial charge in [0.2, 0.25) is 0 Å². The number of carbonyl (C=O) groups is 1. The third-order valence-corrected chi connectivity index (χ3v) is 8.99. The van der Waals surface area contributed by atoms with E-state index in [0.717, 1.165) is 30.2 Å². The molecule has 0 spiro atoms. The molecule has 2 N–H and O–H groups in total. The summed E-state index contributed by atoms with van der Waals surface area (Å²) >= 11 is 0. The molecule has 4 heterocycles. The largest absolute Gasteiger partial charge is 0.508 e. The van der Waals surface area contributed by atoms with Crippen LogP contribution in [0.1, 0.15) is 33.6 Å². The van der Waals surface area contributed by atoms with Gasteiger partial charge in [-0.25, -0.2) is 9.18 Å². The molecule has 7 rings (SSSR count). The van der Waals surface area contributed by atoms with Gasteiger partial charge in [-0.2, -0.15) is 9.97 Å². The predicted molar refractivity (Wildman–Crippen MR) is 165 cm³/mol. The molecule has 11 heteroatoms. The molecule has 3 unspecified atom stereocenters. The molecule has 3 fully saturated rings. The first-order valence-corrected chi connectivity index (χ1v) is 15.2. The number of likely N-dealkylation sites (N-methyl/N-ethyl adjacent to an activating group) is 1. The maximum Gasteiger partial charge on any atom is 0.410 e. The Bertz CT molecular complexity index is 1750. The van der Waals surface area contributed by atoms with Crippen molar-refractivity contribution in [2.24, 2.45) is 11.8 Å². The summed E-state index contributed by atoms with van der Waals surface area (Å²) in [5.74, 6) is 0.334. The Labute approximate surface area is 255 Å². The van der Waals surface area contributed by atoms with Crippen LogP contribution in [0, 0.1) is 17.7 Å². The number of amides is 1. The van der Waals surface area contributed by atoms with Gasteiger partial charge in [-0.05, 0) is 70.1 Å². The number of likely N-dealkylation sites (tertiary alicyclic amines) is 2. The van der Waals surface area contributed by atoms with Gasteiger partial charge in [0.15, 0.2) is 5.82 Å². The van der Waals surface area contributed by atoms with Gasteiger partial charge in [0.1, 0.15) is 35.0 Å². The molecule has 0 radical (unpaired) electrons. The Kier molecular flexibility index (Phi) is 6.95. The second kappa shape index (κ2) is 10.7. The molecule has 2 saturated heterocycles. The van der Waals surface area contributed by atoms with Gasteiger partial charge in [-0.1, -0.05) is 24.3 Å². The molecule has 44 heavy (non-hydrogen) atoms. The van der Waals surface area contributed by atoms with Gasteiger partial charge in [-0.3, -0.25) is 4.98 Å². The van der Waals surface area contributed by atoms with Crippen molar-refractivity contribution in [3.05, 3.63) is 48.4 Å². The summed E-state index contributed by atoms with van der Waals surface area (Å²) in [5, 5.41) is 15.9. The molecule has 2 aromatic heterocycles. The smallest absolute Gasteiger partial charge is 0.410 e. The fourth-order valence-corrected chi connectivity index (χ4v) is 6.62. The summed E-state index contributed by atoms with van der Waals surface area (Å²) in [6, 6.07) is 11.0. The number of halogens is 1. The zero-order valence-electron chi connectivity index (χ0n) is 25.4. The Balaban J connectivity index is 1.21. The first-order chi connectivity index (χ1) is 21.1. The van der Waals surface area contributed by atoms with E-state index in [1.807, 2.05) is 45.0 Å². The number of anilines is 1. The molecular weight excluding hydrogens is 563 g/mol. The number of phenols is 1. The van der Waals surface area contributed by atoms with Crippen LogP contribution < -0.4 is 10.1 Å². The Morgan fingerprint density at radius 3 is 2.64 bits per heavy atom. The van der Waals surface area contributed by atoms with Crippen LogP contribution in [-0.2, 0) is 4.74 Å². The van der Waals surface area contributed by atoms with Crippen molar-refractivity contribution in [2.45, 2.75) is 51.3 Å². The highest BCUT2D eigenvalue weighted by Gasteiger charge is 2.57. The van der Waals surface area contributed by atoms with Crippen molar-refractivity contribution in [3.63, 3.8) is 0 Å². The lowest BCUT2D eigenvalue weighted by atomic mass is 10.0. The third kappa shape index (κ3) is 5.34. The summed E-state index contributed by atoms with van der Waals surface area (Å²) in [5.41, 5.74) is 0.108. The van der Waals surface area contributed by atoms with E-state index in [4.69, 9.17) is 9.47 Å². The van der Waals surface area contributed by atoms with Gasteiger partial charge < -0.3 is 29.7 Å². The average molecular weight is 601 g/mol. The molecule has 1 amide bonds. The molecule has 2 aliphatic heterocycles. The fourth-order valence-electron chi connectivity index (χ4n) is 6.62. The maximum atomic E-state index is 16.5. The van der Waals surface area contributed by atoms with Crippen molar-refractivity contribution in [2.75, 3.05) is 38.6 Å². The average Bonchev–Trinajstić information content (AvgIpc) is 3.26. The molecule has 230 valence electrons. The van der Waals surface area contributed by atoms with E-state index in [1.54, 1.807) is 17.2 Å². The van der Waals surface area contributed by atoms with Crippen LogP contribution in [0.3, 0.4) is 0 Å². The summed E-state index contributed by atoms with van der Waals surface area (Å²) in [4.78, 5) is 30.3. The number of hydrogen-bond acceptors (Lipinski definition) is 9. The van der Waals surface area contributed by atoms with E-state index in [1.165, 1.54) is 6.07 Å². The van der Waals surface area contributed by atoms with Crippen molar-refractivity contribution >= 4 is 33.6 Å². The van der Waals surface area contributed by atoms with E-state index in [0.29, 0.717) is 36.5 Å². The lowest BCUT2D eigenvalue weighted by molar-refractivity contribution is 0.0272. The number of aromatic hydroxyl groups is 1. The molecule has 1 aliphatic carbocycles. The van der Waals surface area contributed by atoms with Crippen LogP contribution in [0.25, 0.3) is 32.9 Å². The number of benzene rings is 2. The highest BCUT2D eigenvalue weighted by Crippen LogP contribution is 2.48. The third-order valence-electron chi connectivity index (χ3n) is 8.99. The normalized spacial score (nSPS) is 23.2. The molecule has 3 atom stereocenters. The first kappa shape index (κ1) is 28.5. The Morgan fingerprint density at radius 2 is 1.91 bits per heavy atom. The van der Waals surface area contributed by atoms with Crippen LogP contribution in [-0.4, -0.2) is 86.9 Å². The highest BCUT2D eigenvalue weighted by atomic mass is 19.1. The minimum atomic E-state index is -0.612. The lowest BCUT2D eigenvalue weighted by Gasteiger charge is -2.26. The number of fused-ring (bicyclic) bond motifs is 3. The van der Waals surface area contributed by atoms with Crippen LogP contribution in [0.2, 0.25) is 0 Å². The van der Waals surface area contributed by atoms with E-state index < -0.39 is 11.4 Å². The maximum absolute atomic E-state index is 16.5. The van der Waals surface area contributed by atoms with Gasteiger partial charge in [0.25, 0.3) is 0 Å². The fraction of sp³-hybridized carbons (Fsp3) is 0.455. The predicted octanol–water partition coefficient (Wildman–Crippen LogP) is 5.44. The zero-order valence-corrected chi connectivity index (χ0v) is 25.4. The van der Waals surface area contributed by atoms with Crippen LogP contribution in [0.5, 0.6) is 11.8 Å². The standard InChI is InChI=1S/C33H37FN6O4/c1-33(2,3)44-32(42)40-15-24-25(16-40)27(24)36-30-23-14-35-28(22-13-20(41)12-18-8-5-6-10-21(18)22)26(34)29(23)37-31(38-30)43-17-19-9-7-11-39(19)4/h5-6,8,10,12-14,19,24-25,27,41H,7,9,11,15-17H2,1-4H3,(H,36,37,38). The van der Waals surface area contributed by atoms with Gasteiger partial charge in [-0.15, -0.1) is 0 Å². The van der Waals surface area contributed by atoms with E-state index in [9.17, 15) is 9.90 Å². The number of rotatable bonds is 6. The zero-order chi connectivity index (χ0) is 30.7. The monoisotopic (exact) mass is 600 g/mol. The highest BCUT2D eigenvalue weighted by molar-refractivity contribution is 5.99. The van der Waals surface area contributed by atoms with Crippen LogP contribution >= 0.6 is 0 Å². The number of pyridine rings is 1. The summed E-state index contributed by atoms with van der Waals surface area (Å²) in [7, 11) is 2.07. The molecular formula is C33H37FN6O4. The van der Waals surface area contributed by atoms with Crippen molar-refractivity contribution < 1.29 is 23.8 Å². The van der Waals surface area contributed by atoms with Crippen molar-refractivity contribution in [1.29, 1.82) is 0 Å². The number of carbonyl (C=O) groups excluding carboxylic acids is 1. The van der Waals surface area contributed by atoms with Crippen LogP contribution in [0.15, 0.2) is 42.6 Å². The second-order valence-electron chi connectivity index (χ2n) is 13.2. The summed E-state index contributed by atoms with van der Waals surface area (Å²) in [6.45, 7) is 8.15. The number of aromatic nitrogens is 3. The topological polar surface area (TPSA) is 113 Å². The summed E-state index contributed by atoms with van der Waals surface area (Å²) < 4.78 is 28.1. The number of ether oxygens (including phenoxy) is 2. The molecule has 10 nitrogen and oxygen atoms in total. The molecule has 1 saturated carbocycles. The van der Waals surface area contributed by atoms with E-state index in [-0.39, 0.29) is 53.0 Å².